The zero-order valence-corrected chi connectivity index (χ0v) is 14.2. The van der Waals surface area contributed by atoms with E-state index in [1.165, 1.54) is 6.07 Å². The molecule has 0 atom stereocenters. The second kappa shape index (κ2) is 6.66. The Morgan fingerprint density at radius 3 is 2.52 bits per heavy atom. The average Bonchev–Trinajstić information content (AvgIpc) is 2.40. The minimum Gasteiger partial charge on any atom is -0.504 e. The van der Waals surface area contributed by atoms with Gasteiger partial charge in [-0.25, -0.2) is 4.79 Å². The van der Waals surface area contributed by atoms with E-state index in [2.05, 4.69) is 10.6 Å². The molecule has 1 amide bonds. The number of anilines is 1. The maximum absolute atomic E-state index is 11.7. The number of hydrogen-bond donors (Lipinski definition) is 3. The molecule has 1 saturated heterocycles. The van der Waals surface area contributed by atoms with E-state index in [9.17, 15) is 9.90 Å². The van der Waals surface area contributed by atoms with Crippen molar-refractivity contribution in [2.24, 2.45) is 0 Å². The third kappa shape index (κ3) is 5.32. The molecule has 2 rings (SSSR count). The molecule has 0 aromatic heterocycles. The van der Waals surface area contributed by atoms with Crippen LogP contribution in [-0.2, 0) is 4.74 Å². The summed E-state index contributed by atoms with van der Waals surface area (Å²) >= 11 is 0. The molecule has 0 bridgehead atoms. The second-order valence-electron chi connectivity index (χ2n) is 7.11. The topological polar surface area (TPSA) is 79.8 Å². The van der Waals surface area contributed by atoms with Crippen molar-refractivity contribution < 1.29 is 19.4 Å². The molecular formula is C17H26N2O4. The van der Waals surface area contributed by atoms with Gasteiger partial charge in [-0.15, -0.1) is 0 Å². The maximum Gasteiger partial charge on any atom is 0.412 e. The van der Waals surface area contributed by atoms with Gasteiger partial charge in [0.15, 0.2) is 11.5 Å². The third-order valence-electron chi connectivity index (χ3n) is 3.62. The highest BCUT2D eigenvalue weighted by Gasteiger charge is 2.29. The Balaban J connectivity index is 2.01. The van der Waals surface area contributed by atoms with Gasteiger partial charge in [-0.2, -0.15) is 0 Å². The summed E-state index contributed by atoms with van der Waals surface area (Å²) in [6.45, 7) is 9.22. The van der Waals surface area contributed by atoms with E-state index in [0.29, 0.717) is 11.4 Å². The molecule has 1 fully saturated rings. The highest BCUT2D eigenvalue weighted by molar-refractivity contribution is 5.85. The molecule has 3 N–H and O–H groups in total. The minimum absolute atomic E-state index is 0.00156. The summed E-state index contributed by atoms with van der Waals surface area (Å²) < 4.78 is 11.2. The summed E-state index contributed by atoms with van der Waals surface area (Å²) in [6, 6.07) is 4.81. The van der Waals surface area contributed by atoms with Gasteiger partial charge >= 0.3 is 6.09 Å². The molecule has 6 heteroatoms. The lowest BCUT2D eigenvalue weighted by molar-refractivity contribution is 0.0527. The van der Waals surface area contributed by atoms with Crippen LogP contribution in [0.5, 0.6) is 11.5 Å². The number of carbonyl (C=O) groups is 1. The van der Waals surface area contributed by atoms with Crippen molar-refractivity contribution >= 4 is 11.8 Å². The normalized spacial score (nSPS) is 17.4. The number of benzene rings is 1. The molecule has 0 unspecified atom stereocenters. The number of carbonyl (C=O) groups excluding carboxylic acids is 1. The molecule has 23 heavy (non-hydrogen) atoms. The van der Waals surface area contributed by atoms with Gasteiger partial charge in [0.2, 0.25) is 0 Å². The fourth-order valence-electron chi connectivity index (χ4n) is 2.43. The Hall–Kier alpha value is -1.95. The van der Waals surface area contributed by atoms with E-state index in [-0.39, 0.29) is 11.4 Å². The summed E-state index contributed by atoms with van der Waals surface area (Å²) in [5.41, 5.74) is -0.402. The van der Waals surface area contributed by atoms with Crippen LogP contribution in [-0.4, -0.2) is 35.5 Å². The highest BCUT2D eigenvalue weighted by atomic mass is 16.6. The van der Waals surface area contributed by atoms with Gasteiger partial charge in [0, 0.05) is 11.8 Å². The zero-order chi connectivity index (χ0) is 17.1. The number of nitrogens with one attached hydrogen (secondary N) is 2. The lowest BCUT2D eigenvalue weighted by atomic mass is 9.94. The van der Waals surface area contributed by atoms with Crippen molar-refractivity contribution in [3.8, 4) is 11.5 Å². The largest absolute Gasteiger partial charge is 0.504 e. The molecule has 0 spiro atoms. The van der Waals surface area contributed by atoms with Gasteiger partial charge in [-0.3, -0.25) is 5.32 Å². The van der Waals surface area contributed by atoms with E-state index in [0.717, 1.165) is 25.9 Å². The number of ether oxygens (including phenoxy) is 2. The van der Waals surface area contributed by atoms with Gasteiger partial charge in [0.1, 0.15) is 11.2 Å². The van der Waals surface area contributed by atoms with Gasteiger partial charge in [0.25, 0.3) is 0 Å². The van der Waals surface area contributed by atoms with Crippen molar-refractivity contribution in [3.05, 3.63) is 18.2 Å². The number of rotatable bonds is 3. The van der Waals surface area contributed by atoms with E-state index in [4.69, 9.17) is 9.47 Å². The van der Waals surface area contributed by atoms with E-state index < -0.39 is 11.7 Å². The molecule has 1 aromatic rings. The van der Waals surface area contributed by atoms with Crippen LogP contribution >= 0.6 is 0 Å². The predicted octanol–water partition coefficient (Wildman–Crippen LogP) is 3.26. The summed E-state index contributed by atoms with van der Waals surface area (Å²) in [5, 5.41) is 16.0. The summed E-state index contributed by atoms with van der Waals surface area (Å²) in [7, 11) is 0. The van der Waals surface area contributed by atoms with E-state index in [1.54, 1.807) is 32.9 Å². The van der Waals surface area contributed by atoms with Gasteiger partial charge in [-0.05, 0) is 65.8 Å². The van der Waals surface area contributed by atoms with Gasteiger partial charge < -0.3 is 19.9 Å². The molecule has 128 valence electrons. The smallest absolute Gasteiger partial charge is 0.412 e. The van der Waals surface area contributed by atoms with Gasteiger partial charge in [0.05, 0.1) is 0 Å². The lowest BCUT2D eigenvalue weighted by Gasteiger charge is -2.34. The van der Waals surface area contributed by atoms with E-state index in [1.807, 2.05) is 6.92 Å². The maximum atomic E-state index is 11.7. The van der Waals surface area contributed by atoms with E-state index >= 15 is 0 Å². The van der Waals surface area contributed by atoms with Crippen molar-refractivity contribution in [3.63, 3.8) is 0 Å². The monoisotopic (exact) mass is 322 g/mol. The quantitative estimate of drug-likeness (QED) is 0.796. The molecule has 1 heterocycles. The van der Waals surface area contributed by atoms with Crippen LogP contribution in [0.2, 0.25) is 0 Å². The summed E-state index contributed by atoms with van der Waals surface area (Å²) in [4.78, 5) is 11.7. The number of phenolic OH excluding ortho intramolecular Hbond substituents is 1. The molecule has 0 aliphatic carbocycles. The number of amides is 1. The number of piperidine rings is 1. The summed E-state index contributed by atoms with van der Waals surface area (Å²) in [6.07, 6.45) is 1.20. The predicted molar refractivity (Wildman–Crippen MR) is 89.1 cm³/mol. The van der Waals surface area contributed by atoms with Crippen molar-refractivity contribution in [2.75, 3.05) is 18.4 Å². The fraction of sp³-hybridized carbons (Fsp3) is 0.588. The van der Waals surface area contributed by atoms with Crippen LogP contribution in [0.3, 0.4) is 0 Å². The summed E-state index contributed by atoms with van der Waals surface area (Å²) in [5.74, 6) is 0.419. The zero-order valence-electron chi connectivity index (χ0n) is 14.2. The Labute approximate surface area is 137 Å². The number of phenols is 1. The third-order valence-corrected chi connectivity index (χ3v) is 3.62. The standard InChI is InChI=1S/C17H26N2O4/c1-16(2,3)23-15(21)19-12-5-6-14(13(20)11-12)22-17(4)7-9-18-10-8-17/h5-6,11,18,20H,7-10H2,1-4H3,(H,19,21). The number of hydrogen-bond acceptors (Lipinski definition) is 5. The Morgan fingerprint density at radius 1 is 1.30 bits per heavy atom. The molecule has 1 aliphatic rings. The SMILES string of the molecule is CC(C)(C)OC(=O)Nc1ccc(OC2(C)CCNCC2)c(O)c1. The Kier molecular flexibility index (Phi) is 5.04. The molecule has 1 aromatic carbocycles. The lowest BCUT2D eigenvalue weighted by Crippen LogP contribution is -2.43. The average molecular weight is 322 g/mol. The van der Waals surface area contributed by atoms with Crippen LogP contribution in [0.25, 0.3) is 0 Å². The molecular weight excluding hydrogens is 296 g/mol. The van der Waals surface area contributed by atoms with Crippen LogP contribution in [0.15, 0.2) is 18.2 Å². The first-order valence-corrected chi connectivity index (χ1v) is 7.90. The fourth-order valence-corrected chi connectivity index (χ4v) is 2.43. The van der Waals surface area contributed by atoms with Crippen LogP contribution in [0, 0.1) is 0 Å². The van der Waals surface area contributed by atoms with Crippen molar-refractivity contribution in [2.45, 2.75) is 51.7 Å². The highest BCUT2D eigenvalue weighted by Crippen LogP contribution is 2.34. The second-order valence-corrected chi connectivity index (χ2v) is 7.11. The van der Waals surface area contributed by atoms with Crippen LogP contribution in [0.4, 0.5) is 10.5 Å². The van der Waals surface area contributed by atoms with Crippen molar-refractivity contribution in [1.82, 2.24) is 5.32 Å². The molecule has 0 radical (unpaired) electrons. The van der Waals surface area contributed by atoms with Crippen LogP contribution in [0.1, 0.15) is 40.5 Å². The van der Waals surface area contributed by atoms with Crippen molar-refractivity contribution in [1.29, 1.82) is 0 Å². The first-order chi connectivity index (χ1) is 10.7. The Morgan fingerprint density at radius 2 is 1.96 bits per heavy atom. The first kappa shape index (κ1) is 17.4. The number of aromatic hydroxyl groups is 1. The Bertz CT molecular complexity index is 560. The molecule has 0 saturated carbocycles. The molecule has 1 aliphatic heterocycles. The first-order valence-electron chi connectivity index (χ1n) is 7.90. The van der Waals surface area contributed by atoms with Crippen LogP contribution < -0.4 is 15.4 Å². The molecule has 6 nitrogen and oxygen atoms in total. The minimum atomic E-state index is -0.571. The van der Waals surface area contributed by atoms with Gasteiger partial charge in [-0.1, -0.05) is 0 Å².